The highest BCUT2D eigenvalue weighted by Gasteiger charge is 2.51. The molecule has 0 aliphatic carbocycles. The number of aliphatic hydroxyl groups is 7. The van der Waals surface area contributed by atoms with Crippen molar-refractivity contribution in [2.45, 2.75) is 61.4 Å². The lowest BCUT2D eigenvalue weighted by Gasteiger charge is -2.45. The summed E-state index contributed by atoms with van der Waals surface area (Å²) in [5.74, 6) is -3.44. The van der Waals surface area contributed by atoms with Crippen LogP contribution in [0.4, 0.5) is 0 Å². The molecule has 0 bridgehead atoms. The number of hydrogen-bond acceptors (Lipinski definition) is 17. The SMILES string of the molecule is O=c1c(O[C@@H]2O[C@H](CO)[C@@H](O[C@@H]3O[C@H](CO)[C@@H](O)[C@H](O)[C@H]3O)[C@H](O)[C@@H]2O)c(-c2ccc(O)c(O)c2)oc2cc(O)cc(O)c12. The molecule has 11 N–H and O–H groups in total. The van der Waals surface area contributed by atoms with Crippen molar-refractivity contribution in [3.05, 3.63) is 40.6 Å². The van der Waals surface area contributed by atoms with Gasteiger partial charge in [-0.2, -0.15) is 0 Å². The van der Waals surface area contributed by atoms with Crippen LogP contribution in [0.25, 0.3) is 22.3 Å². The Morgan fingerprint density at radius 3 is 2.02 bits per heavy atom. The molecular weight excluding hydrogens is 596 g/mol. The molecule has 2 aromatic carbocycles. The summed E-state index contributed by atoms with van der Waals surface area (Å²) >= 11 is 0. The van der Waals surface area contributed by atoms with Crippen LogP contribution in [0.1, 0.15) is 0 Å². The zero-order valence-electron chi connectivity index (χ0n) is 22.4. The Bertz CT molecular complexity index is 1550. The lowest BCUT2D eigenvalue weighted by atomic mass is 9.97. The van der Waals surface area contributed by atoms with Gasteiger partial charge in [0.05, 0.1) is 13.2 Å². The smallest absolute Gasteiger partial charge is 0.239 e. The standard InChI is InChI=1S/C27H30O17/c28-6-14-17(34)19(36)21(38)26(41-14)43-24-15(7-29)42-27(22(39)20(24)37)44-25-18(35)16-12(33)4-9(30)5-13(16)40-23(25)8-1-2-10(31)11(32)3-8/h1-5,14-15,17,19-22,24,26-34,36-39H,6-7H2/t14-,15-,17-,19+,20-,21-,22+,24-,26+,27+/m1/s1. The molecular formula is C27H30O17. The summed E-state index contributed by atoms with van der Waals surface area (Å²) in [6, 6.07) is 5.17. The molecule has 0 unspecified atom stereocenters. The monoisotopic (exact) mass is 626 g/mol. The van der Waals surface area contributed by atoms with Crippen LogP contribution in [0.5, 0.6) is 28.7 Å². The second-order valence-corrected chi connectivity index (χ2v) is 10.3. The number of rotatable bonds is 7. The largest absolute Gasteiger partial charge is 0.508 e. The number of ether oxygens (including phenoxy) is 4. The van der Waals surface area contributed by atoms with Crippen LogP contribution >= 0.6 is 0 Å². The molecule has 2 saturated heterocycles. The van der Waals surface area contributed by atoms with Crippen LogP contribution in [0.3, 0.4) is 0 Å². The van der Waals surface area contributed by atoms with Gasteiger partial charge in [-0.05, 0) is 18.2 Å². The van der Waals surface area contributed by atoms with Gasteiger partial charge in [0.25, 0.3) is 0 Å². The molecule has 17 heteroatoms. The summed E-state index contributed by atoms with van der Waals surface area (Å²) in [6.45, 7) is -1.67. The fourth-order valence-electron chi connectivity index (χ4n) is 5.00. The molecule has 2 fully saturated rings. The molecule has 17 nitrogen and oxygen atoms in total. The first-order valence-electron chi connectivity index (χ1n) is 13.2. The van der Waals surface area contributed by atoms with Crippen molar-refractivity contribution < 1.29 is 79.5 Å². The van der Waals surface area contributed by atoms with Crippen LogP contribution in [0.15, 0.2) is 39.5 Å². The van der Waals surface area contributed by atoms with Crippen LogP contribution in [0.2, 0.25) is 0 Å². The normalized spacial score (nSPS) is 32.5. The highest BCUT2D eigenvalue weighted by atomic mass is 16.7. The third-order valence-corrected chi connectivity index (χ3v) is 7.35. The van der Waals surface area contributed by atoms with Crippen molar-refractivity contribution in [2.75, 3.05) is 13.2 Å². The number of fused-ring (bicyclic) bond motifs is 1. The fraction of sp³-hybridized carbons (Fsp3) is 0.444. The van der Waals surface area contributed by atoms with Crippen molar-refractivity contribution in [1.29, 1.82) is 0 Å². The average Bonchev–Trinajstić information content (AvgIpc) is 2.98. The van der Waals surface area contributed by atoms with Gasteiger partial charge < -0.3 is 79.5 Å². The number of phenolic OH excluding ortho intramolecular Hbond substituents is 4. The molecule has 2 aliphatic rings. The molecule has 240 valence electrons. The molecule has 0 saturated carbocycles. The third-order valence-electron chi connectivity index (χ3n) is 7.35. The lowest BCUT2D eigenvalue weighted by Crippen LogP contribution is -2.65. The highest BCUT2D eigenvalue weighted by Crippen LogP contribution is 2.39. The molecule has 44 heavy (non-hydrogen) atoms. The van der Waals surface area contributed by atoms with Gasteiger partial charge in [-0.3, -0.25) is 4.79 Å². The van der Waals surface area contributed by atoms with E-state index >= 15 is 0 Å². The number of phenols is 4. The van der Waals surface area contributed by atoms with Crippen molar-refractivity contribution >= 4 is 11.0 Å². The quantitative estimate of drug-likeness (QED) is 0.119. The van der Waals surface area contributed by atoms with Crippen molar-refractivity contribution in [3.63, 3.8) is 0 Å². The molecule has 0 amide bonds. The van der Waals surface area contributed by atoms with Gasteiger partial charge in [0, 0.05) is 17.7 Å². The first-order chi connectivity index (χ1) is 20.9. The minimum atomic E-state index is -2.04. The predicted molar refractivity (Wildman–Crippen MR) is 142 cm³/mol. The van der Waals surface area contributed by atoms with E-state index in [-0.39, 0.29) is 11.1 Å². The second kappa shape index (κ2) is 12.3. The van der Waals surface area contributed by atoms with E-state index in [9.17, 15) is 61.0 Å². The summed E-state index contributed by atoms with van der Waals surface area (Å²) in [5.41, 5.74) is -1.41. The molecule has 10 atom stereocenters. The molecule has 0 radical (unpaired) electrons. The van der Waals surface area contributed by atoms with Gasteiger partial charge in [0.1, 0.15) is 71.3 Å². The van der Waals surface area contributed by atoms with Gasteiger partial charge in [-0.1, -0.05) is 0 Å². The average molecular weight is 627 g/mol. The van der Waals surface area contributed by atoms with Crippen molar-refractivity contribution in [2.24, 2.45) is 0 Å². The van der Waals surface area contributed by atoms with Crippen molar-refractivity contribution in [3.8, 4) is 40.1 Å². The molecule has 1 aromatic heterocycles. The van der Waals surface area contributed by atoms with E-state index in [1.54, 1.807) is 0 Å². The second-order valence-electron chi connectivity index (χ2n) is 10.3. The minimum absolute atomic E-state index is 0.0504. The van der Waals surface area contributed by atoms with Crippen LogP contribution in [-0.2, 0) is 14.2 Å². The predicted octanol–water partition coefficient (Wildman–Crippen LogP) is -2.71. The molecule has 3 heterocycles. The lowest BCUT2D eigenvalue weighted by molar-refractivity contribution is -0.352. The van der Waals surface area contributed by atoms with Crippen LogP contribution in [0, 0.1) is 0 Å². The van der Waals surface area contributed by atoms with Crippen LogP contribution in [-0.4, -0.2) is 131 Å². The Morgan fingerprint density at radius 2 is 1.36 bits per heavy atom. The third kappa shape index (κ3) is 5.61. The van der Waals surface area contributed by atoms with Crippen molar-refractivity contribution in [1.82, 2.24) is 0 Å². The Morgan fingerprint density at radius 1 is 0.705 bits per heavy atom. The Hall–Kier alpha value is -3.75. The first-order valence-corrected chi connectivity index (χ1v) is 13.2. The van der Waals surface area contributed by atoms with E-state index < -0.39 is 120 Å². The summed E-state index contributed by atoms with van der Waals surface area (Å²) in [5, 5.41) is 111. The number of aliphatic hydroxyl groups excluding tert-OH is 7. The van der Waals surface area contributed by atoms with Gasteiger partial charge in [-0.15, -0.1) is 0 Å². The highest BCUT2D eigenvalue weighted by molar-refractivity contribution is 5.88. The van der Waals surface area contributed by atoms with E-state index in [1.165, 1.54) is 6.07 Å². The fourth-order valence-corrected chi connectivity index (χ4v) is 5.00. The Kier molecular flexibility index (Phi) is 8.87. The molecule has 5 rings (SSSR count). The van der Waals surface area contributed by atoms with E-state index in [0.29, 0.717) is 0 Å². The summed E-state index contributed by atoms with van der Waals surface area (Å²) in [6.07, 6.45) is -17.7. The summed E-state index contributed by atoms with van der Waals surface area (Å²) in [4.78, 5) is 13.6. The zero-order valence-corrected chi connectivity index (χ0v) is 22.4. The Balaban J connectivity index is 1.49. The van der Waals surface area contributed by atoms with Crippen LogP contribution < -0.4 is 10.2 Å². The Labute approximate surface area is 246 Å². The maximum absolute atomic E-state index is 13.6. The maximum Gasteiger partial charge on any atom is 0.239 e. The van der Waals surface area contributed by atoms with E-state index in [2.05, 4.69) is 0 Å². The first kappa shape index (κ1) is 31.7. The van der Waals surface area contributed by atoms with Gasteiger partial charge >= 0.3 is 0 Å². The number of aromatic hydroxyl groups is 4. The van der Waals surface area contributed by atoms with Gasteiger partial charge in [-0.25, -0.2) is 0 Å². The molecule has 2 aliphatic heterocycles. The molecule has 0 spiro atoms. The van der Waals surface area contributed by atoms with E-state index in [4.69, 9.17) is 23.4 Å². The van der Waals surface area contributed by atoms with E-state index in [1.807, 2.05) is 0 Å². The maximum atomic E-state index is 13.6. The topological polar surface area (TPSA) is 290 Å². The minimum Gasteiger partial charge on any atom is -0.508 e. The summed E-state index contributed by atoms with van der Waals surface area (Å²) < 4.78 is 27.8. The van der Waals surface area contributed by atoms with Gasteiger partial charge in [0.2, 0.25) is 17.5 Å². The summed E-state index contributed by atoms with van der Waals surface area (Å²) in [7, 11) is 0. The van der Waals surface area contributed by atoms with Gasteiger partial charge in [0.15, 0.2) is 23.5 Å². The zero-order chi connectivity index (χ0) is 32.0. The van der Waals surface area contributed by atoms with E-state index in [0.717, 1.165) is 24.3 Å². The number of benzene rings is 2. The molecule has 3 aromatic rings. The number of hydrogen-bond donors (Lipinski definition) is 11.